The average Bonchev–Trinajstić information content (AvgIpc) is 2.26. The van der Waals surface area contributed by atoms with Crippen LogP contribution in [0.5, 0.6) is 0 Å². The Morgan fingerprint density at radius 2 is 1.06 bits per heavy atom. The van der Waals surface area contributed by atoms with Gasteiger partial charge in [-0.25, -0.2) is 9.13 Å². The van der Waals surface area contributed by atoms with E-state index in [0.717, 1.165) is 0 Å². The van der Waals surface area contributed by atoms with E-state index in [0.29, 0.717) is 0 Å². The van der Waals surface area contributed by atoms with Crippen LogP contribution >= 0.6 is 0 Å². The molecule has 2 heterocycles. The number of aromatic nitrogens is 2. The number of aryl methyl sites for hydroxylation is 4. The van der Waals surface area contributed by atoms with Gasteiger partial charge in [0.2, 0.25) is 0 Å². The van der Waals surface area contributed by atoms with Crippen LogP contribution in [0, 0.1) is 13.8 Å². The maximum Gasteiger partial charge on any atom is 0.177 e. The van der Waals surface area contributed by atoms with Crippen molar-refractivity contribution < 1.29 is 33.1 Å². The van der Waals surface area contributed by atoms with Crippen LogP contribution in [0.4, 0.5) is 0 Å². The van der Waals surface area contributed by atoms with Crippen molar-refractivity contribution in [1.29, 1.82) is 0 Å². The molecule has 0 atom stereocenters. The highest BCUT2D eigenvalue weighted by Crippen LogP contribution is 2.15. The van der Waals surface area contributed by atoms with Gasteiger partial charge < -0.3 is 24.0 Å². The Labute approximate surface area is 120 Å². The summed E-state index contributed by atoms with van der Waals surface area (Å²) >= 11 is 0. The summed E-state index contributed by atoms with van der Waals surface area (Å²) in [6.07, 6.45) is 4.33. The topological polar surface area (TPSA) is 7.76 Å². The minimum atomic E-state index is 0. The molecule has 0 aliphatic heterocycles. The third-order valence-corrected chi connectivity index (χ3v) is 3.12. The lowest BCUT2D eigenvalue weighted by Gasteiger charge is -2.01. The van der Waals surface area contributed by atoms with Gasteiger partial charge in [0.05, 0.1) is 11.1 Å². The smallest absolute Gasteiger partial charge is 0.177 e. The van der Waals surface area contributed by atoms with Gasteiger partial charge in [-0.1, -0.05) is 0 Å². The van der Waals surface area contributed by atoms with Crippen molar-refractivity contribution in [3.63, 3.8) is 0 Å². The van der Waals surface area contributed by atoms with Gasteiger partial charge in [0.1, 0.15) is 14.1 Å². The largest absolute Gasteiger partial charge is 1.00 e. The monoisotopic (exact) mass is 341 g/mol. The lowest BCUT2D eigenvalue weighted by molar-refractivity contribution is -0.678. The van der Waals surface area contributed by atoms with Crippen LogP contribution in [0.25, 0.3) is 11.1 Å². The molecule has 2 nitrogen and oxygen atoms in total. The maximum atomic E-state index is 2.17. The molecule has 17 heavy (non-hydrogen) atoms. The summed E-state index contributed by atoms with van der Waals surface area (Å²) in [5.41, 5.74) is 5.04. The summed E-state index contributed by atoms with van der Waals surface area (Å²) in [5, 5.41) is 0. The summed E-state index contributed by atoms with van der Waals surface area (Å²) in [6.45, 7) is 4.22. The molecule has 0 bridgehead atoms. The normalized spacial score (nSPS) is 9.88. The molecule has 0 fully saturated rings. The van der Waals surface area contributed by atoms with Crippen LogP contribution in [-0.2, 0) is 14.1 Å². The quantitative estimate of drug-likeness (QED) is 0.447. The Morgan fingerprint density at radius 1 is 0.706 bits per heavy atom. The molecule has 0 aromatic carbocycles. The highest BCUT2D eigenvalue weighted by Gasteiger charge is 2.09. The van der Waals surface area contributed by atoms with Gasteiger partial charge >= 0.3 is 0 Å². The van der Waals surface area contributed by atoms with Crippen LogP contribution in [0.1, 0.15) is 11.4 Å². The van der Waals surface area contributed by atoms with Crippen LogP contribution < -0.4 is 33.1 Å². The van der Waals surface area contributed by atoms with Crippen molar-refractivity contribution in [3.8, 4) is 11.1 Å². The van der Waals surface area contributed by atoms with E-state index in [-0.39, 0.29) is 24.0 Å². The van der Waals surface area contributed by atoms with Crippen molar-refractivity contribution in [2.75, 3.05) is 0 Å². The van der Waals surface area contributed by atoms with E-state index >= 15 is 0 Å². The number of halogens is 1. The van der Waals surface area contributed by atoms with Crippen molar-refractivity contribution in [3.05, 3.63) is 48.0 Å². The SMILES string of the molecule is Cc1ccc(-c2ccc(C)[n+](C)c2)c[n+]1C.[I-]. The molecule has 0 radical (unpaired) electrons. The third kappa shape index (κ3) is 3.03. The molecule has 2 rings (SSSR count). The number of hydrogen-bond acceptors (Lipinski definition) is 0. The van der Waals surface area contributed by atoms with E-state index < -0.39 is 0 Å². The fourth-order valence-electron chi connectivity index (χ4n) is 1.70. The number of nitrogens with zero attached hydrogens (tertiary/aromatic N) is 2. The first-order valence-corrected chi connectivity index (χ1v) is 5.51. The van der Waals surface area contributed by atoms with E-state index in [4.69, 9.17) is 0 Å². The van der Waals surface area contributed by atoms with Crippen molar-refractivity contribution in [2.24, 2.45) is 14.1 Å². The zero-order valence-electron chi connectivity index (χ0n) is 10.7. The zero-order chi connectivity index (χ0) is 11.7. The molecule has 0 N–H and O–H groups in total. The Kier molecular flexibility index (Phi) is 4.62. The van der Waals surface area contributed by atoms with Gasteiger partial charge in [-0.15, -0.1) is 0 Å². The molecule has 0 spiro atoms. The van der Waals surface area contributed by atoms with Gasteiger partial charge in [0.25, 0.3) is 0 Å². The molecule has 0 saturated carbocycles. The molecule has 3 heteroatoms. The van der Waals surface area contributed by atoms with Crippen LogP contribution in [0.15, 0.2) is 36.7 Å². The summed E-state index contributed by atoms with van der Waals surface area (Å²) in [4.78, 5) is 0. The number of hydrogen-bond donors (Lipinski definition) is 0. The van der Waals surface area contributed by atoms with Gasteiger partial charge in [-0.2, -0.15) is 0 Å². The number of pyridine rings is 2. The van der Waals surface area contributed by atoms with E-state index in [1.54, 1.807) is 0 Å². The van der Waals surface area contributed by atoms with Crippen LogP contribution in [-0.4, -0.2) is 0 Å². The highest BCUT2D eigenvalue weighted by atomic mass is 127. The maximum absolute atomic E-state index is 2.17. The lowest BCUT2D eigenvalue weighted by atomic mass is 10.1. The van der Waals surface area contributed by atoms with E-state index in [1.807, 2.05) is 0 Å². The molecule has 0 aliphatic carbocycles. The van der Waals surface area contributed by atoms with E-state index in [1.165, 1.54) is 22.5 Å². The van der Waals surface area contributed by atoms with Crippen LogP contribution in [0.2, 0.25) is 0 Å². The summed E-state index contributed by atoms with van der Waals surface area (Å²) in [5.74, 6) is 0. The fourth-order valence-corrected chi connectivity index (χ4v) is 1.70. The van der Waals surface area contributed by atoms with E-state index in [2.05, 4.69) is 73.7 Å². The van der Waals surface area contributed by atoms with Gasteiger partial charge in [0.15, 0.2) is 23.8 Å². The fraction of sp³-hybridized carbons (Fsp3) is 0.286. The Hall–Kier alpha value is -0.970. The Bertz CT molecular complexity index is 486. The molecule has 0 amide bonds. The minimum absolute atomic E-state index is 0. The molecule has 2 aromatic rings. The average molecular weight is 341 g/mol. The second-order valence-corrected chi connectivity index (χ2v) is 4.34. The summed E-state index contributed by atoms with van der Waals surface area (Å²) in [6, 6.07) is 8.63. The third-order valence-electron chi connectivity index (χ3n) is 3.12. The van der Waals surface area contributed by atoms with Gasteiger partial charge in [-0.3, -0.25) is 0 Å². The molecule has 0 aliphatic rings. The first-order chi connectivity index (χ1) is 7.58. The van der Waals surface area contributed by atoms with Crippen LogP contribution in [0.3, 0.4) is 0 Å². The molecular formula is C14H18IN2+. The van der Waals surface area contributed by atoms with Crippen molar-refractivity contribution >= 4 is 0 Å². The van der Waals surface area contributed by atoms with Crippen molar-refractivity contribution in [1.82, 2.24) is 0 Å². The molecular weight excluding hydrogens is 323 g/mol. The van der Waals surface area contributed by atoms with Gasteiger partial charge in [0, 0.05) is 26.0 Å². The standard InChI is InChI=1S/C14H18N2.HI/c1-11-5-7-13(9-15(11)3)14-8-6-12(2)16(4)10-14;/h5-10H,1-4H3;1H/q+2;/p-1. The van der Waals surface area contributed by atoms with E-state index in [9.17, 15) is 0 Å². The predicted molar refractivity (Wildman–Crippen MR) is 63.7 cm³/mol. The lowest BCUT2D eigenvalue weighted by Crippen LogP contribution is -3.00. The summed E-state index contributed by atoms with van der Waals surface area (Å²) < 4.78 is 4.30. The first kappa shape index (κ1) is 14.1. The Morgan fingerprint density at radius 3 is 1.35 bits per heavy atom. The molecule has 90 valence electrons. The van der Waals surface area contributed by atoms with Crippen molar-refractivity contribution in [2.45, 2.75) is 13.8 Å². The molecule has 2 aromatic heterocycles. The summed E-state index contributed by atoms with van der Waals surface area (Å²) in [7, 11) is 4.15. The Balaban J connectivity index is 0.00000144. The van der Waals surface area contributed by atoms with Gasteiger partial charge in [-0.05, 0) is 12.1 Å². The molecule has 0 unspecified atom stereocenters. The highest BCUT2D eigenvalue weighted by molar-refractivity contribution is 5.59. The first-order valence-electron chi connectivity index (χ1n) is 5.51. The predicted octanol–water partition coefficient (Wildman–Crippen LogP) is -1.38. The second-order valence-electron chi connectivity index (χ2n) is 4.34. The number of rotatable bonds is 1. The minimum Gasteiger partial charge on any atom is -1.00 e. The second kappa shape index (κ2) is 5.58. The molecule has 0 saturated heterocycles. The zero-order valence-corrected chi connectivity index (χ0v) is 12.9.